The predicted molar refractivity (Wildman–Crippen MR) is 86.3 cm³/mol. The van der Waals surface area contributed by atoms with Gasteiger partial charge in [0.2, 0.25) is 5.91 Å². The smallest absolute Gasteiger partial charge is 0.243 e. The van der Waals surface area contributed by atoms with E-state index in [1.54, 1.807) is 13.2 Å². The van der Waals surface area contributed by atoms with Gasteiger partial charge in [0, 0.05) is 22.5 Å². The molecule has 1 amide bonds. The zero-order chi connectivity index (χ0) is 15.2. The summed E-state index contributed by atoms with van der Waals surface area (Å²) in [5.41, 5.74) is 2.47. The Balaban J connectivity index is 1.94. The van der Waals surface area contributed by atoms with E-state index in [0.717, 1.165) is 11.3 Å². The lowest BCUT2D eigenvalue weighted by atomic mass is 10.2. The second-order valence-electron chi connectivity index (χ2n) is 4.55. The number of ether oxygens (including phenoxy) is 1. The van der Waals surface area contributed by atoms with E-state index in [9.17, 15) is 4.79 Å². The van der Waals surface area contributed by atoms with Crippen LogP contribution in [-0.2, 0) is 4.79 Å². The molecular weight excluding hydrogens is 288 g/mol. The molecule has 110 valence electrons. The Hall–Kier alpha value is -2.20. The monoisotopic (exact) mass is 304 g/mol. The van der Waals surface area contributed by atoms with Gasteiger partial charge in [0.25, 0.3) is 0 Å². The lowest BCUT2D eigenvalue weighted by molar-refractivity contribution is -0.114. The van der Waals surface area contributed by atoms with Crippen LogP contribution in [0.1, 0.15) is 5.56 Å². The number of hydrogen-bond acceptors (Lipinski definition) is 3. The third-order valence-electron chi connectivity index (χ3n) is 3.06. The largest absolute Gasteiger partial charge is 0.497 e. The van der Waals surface area contributed by atoms with E-state index in [1.807, 2.05) is 43.3 Å². The van der Waals surface area contributed by atoms with Crippen LogP contribution in [0.5, 0.6) is 5.75 Å². The molecule has 4 nitrogen and oxygen atoms in total. The average Bonchev–Trinajstić information content (AvgIpc) is 2.49. The second-order valence-corrected chi connectivity index (χ2v) is 4.95. The van der Waals surface area contributed by atoms with E-state index >= 15 is 0 Å². The standard InChI is InChI=1S/C16H17ClN2O2/c1-11-14(17)7-4-8-15(11)18-10-16(20)19-12-5-3-6-13(9-12)21-2/h3-9,18H,10H2,1-2H3,(H,19,20). The minimum Gasteiger partial charge on any atom is -0.497 e. The van der Waals surface area contributed by atoms with E-state index in [2.05, 4.69) is 10.6 Å². The number of amides is 1. The fraction of sp³-hybridized carbons (Fsp3) is 0.188. The Morgan fingerprint density at radius 3 is 2.76 bits per heavy atom. The van der Waals surface area contributed by atoms with Gasteiger partial charge in [-0.05, 0) is 36.8 Å². The zero-order valence-corrected chi connectivity index (χ0v) is 12.7. The van der Waals surface area contributed by atoms with Crippen LogP contribution in [0, 0.1) is 6.92 Å². The minimum atomic E-state index is -0.136. The summed E-state index contributed by atoms with van der Waals surface area (Å²) in [7, 11) is 1.59. The van der Waals surface area contributed by atoms with E-state index < -0.39 is 0 Å². The van der Waals surface area contributed by atoms with Gasteiger partial charge in [0.15, 0.2) is 0 Å². The number of halogens is 1. The molecular formula is C16H17ClN2O2. The third-order valence-corrected chi connectivity index (χ3v) is 3.47. The van der Waals surface area contributed by atoms with Crippen LogP contribution < -0.4 is 15.4 Å². The Kier molecular flexibility index (Phi) is 5.06. The number of methoxy groups -OCH3 is 1. The second kappa shape index (κ2) is 6.99. The summed E-state index contributed by atoms with van der Waals surface area (Å²) in [6, 6.07) is 12.8. The van der Waals surface area contributed by atoms with Gasteiger partial charge < -0.3 is 15.4 Å². The minimum absolute atomic E-state index is 0.136. The molecule has 0 fully saturated rings. The molecule has 0 spiro atoms. The van der Waals surface area contributed by atoms with Gasteiger partial charge in [-0.3, -0.25) is 4.79 Å². The van der Waals surface area contributed by atoms with Crippen LogP contribution in [0.25, 0.3) is 0 Å². The maximum atomic E-state index is 11.9. The molecule has 2 N–H and O–H groups in total. The number of carbonyl (C=O) groups excluding carboxylic acids is 1. The summed E-state index contributed by atoms with van der Waals surface area (Å²) >= 11 is 6.04. The number of nitrogens with one attached hydrogen (secondary N) is 2. The Morgan fingerprint density at radius 2 is 2.00 bits per heavy atom. The van der Waals surface area contributed by atoms with E-state index in [0.29, 0.717) is 16.5 Å². The first-order valence-corrected chi connectivity index (χ1v) is 6.91. The third kappa shape index (κ3) is 4.13. The van der Waals surface area contributed by atoms with Crippen molar-refractivity contribution in [1.82, 2.24) is 0 Å². The molecule has 0 saturated carbocycles. The van der Waals surface area contributed by atoms with Gasteiger partial charge >= 0.3 is 0 Å². The predicted octanol–water partition coefficient (Wildman–Crippen LogP) is 3.71. The number of carbonyl (C=O) groups is 1. The van der Waals surface area contributed by atoms with Gasteiger partial charge in [-0.2, -0.15) is 0 Å². The Labute approximate surface area is 129 Å². The summed E-state index contributed by atoms with van der Waals surface area (Å²) in [4.78, 5) is 11.9. The van der Waals surface area contributed by atoms with Crippen molar-refractivity contribution < 1.29 is 9.53 Å². The van der Waals surface area contributed by atoms with Crippen LogP contribution in [0.15, 0.2) is 42.5 Å². The molecule has 0 bridgehead atoms. The van der Waals surface area contributed by atoms with Crippen LogP contribution >= 0.6 is 11.6 Å². The van der Waals surface area contributed by atoms with E-state index in [1.165, 1.54) is 0 Å². The molecule has 0 atom stereocenters. The number of hydrogen-bond donors (Lipinski definition) is 2. The highest BCUT2D eigenvalue weighted by Crippen LogP contribution is 2.22. The lowest BCUT2D eigenvalue weighted by Gasteiger charge is -2.11. The van der Waals surface area contributed by atoms with Crippen molar-refractivity contribution >= 4 is 28.9 Å². The quantitative estimate of drug-likeness (QED) is 0.885. The van der Waals surface area contributed by atoms with Crippen LogP contribution in [0.3, 0.4) is 0 Å². The first kappa shape index (κ1) is 15.2. The summed E-state index contributed by atoms with van der Waals surface area (Å²) in [6.07, 6.45) is 0. The molecule has 0 unspecified atom stereocenters. The van der Waals surface area contributed by atoms with Crippen LogP contribution in [0.4, 0.5) is 11.4 Å². The average molecular weight is 305 g/mol. The topological polar surface area (TPSA) is 50.4 Å². The molecule has 5 heteroatoms. The zero-order valence-electron chi connectivity index (χ0n) is 11.9. The SMILES string of the molecule is COc1cccc(NC(=O)CNc2cccc(Cl)c2C)c1. The van der Waals surface area contributed by atoms with Gasteiger partial charge in [0.1, 0.15) is 5.75 Å². The first-order valence-electron chi connectivity index (χ1n) is 6.53. The number of anilines is 2. The highest BCUT2D eigenvalue weighted by Gasteiger charge is 2.06. The maximum absolute atomic E-state index is 11.9. The number of benzene rings is 2. The number of rotatable bonds is 5. The van der Waals surface area contributed by atoms with Crippen molar-refractivity contribution in [2.75, 3.05) is 24.3 Å². The van der Waals surface area contributed by atoms with Crippen molar-refractivity contribution in [2.24, 2.45) is 0 Å². The summed E-state index contributed by atoms with van der Waals surface area (Å²) in [6.45, 7) is 2.07. The van der Waals surface area contributed by atoms with Gasteiger partial charge in [0.05, 0.1) is 13.7 Å². The molecule has 0 saturated heterocycles. The normalized spacial score (nSPS) is 10.0. The summed E-state index contributed by atoms with van der Waals surface area (Å²) in [5.74, 6) is 0.564. The van der Waals surface area contributed by atoms with Crippen molar-refractivity contribution in [2.45, 2.75) is 6.92 Å². The molecule has 2 aromatic carbocycles. The lowest BCUT2D eigenvalue weighted by Crippen LogP contribution is -2.22. The van der Waals surface area contributed by atoms with Crippen molar-refractivity contribution in [3.63, 3.8) is 0 Å². The van der Waals surface area contributed by atoms with Crippen LogP contribution in [0.2, 0.25) is 5.02 Å². The molecule has 0 aliphatic carbocycles. The van der Waals surface area contributed by atoms with Gasteiger partial charge in [-0.15, -0.1) is 0 Å². The first-order chi connectivity index (χ1) is 10.1. The summed E-state index contributed by atoms with van der Waals surface area (Å²) in [5, 5.41) is 6.56. The molecule has 21 heavy (non-hydrogen) atoms. The Morgan fingerprint density at radius 1 is 1.24 bits per heavy atom. The van der Waals surface area contributed by atoms with Gasteiger partial charge in [-0.25, -0.2) is 0 Å². The maximum Gasteiger partial charge on any atom is 0.243 e. The fourth-order valence-electron chi connectivity index (χ4n) is 1.88. The molecule has 0 heterocycles. The highest BCUT2D eigenvalue weighted by atomic mass is 35.5. The van der Waals surface area contributed by atoms with Gasteiger partial charge in [-0.1, -0.05) is 23.7 Å². The molecule has 0 radical (unpaired) electrons. The van der Waals surface area contributed by atoms with Crippen LogP contribution in [-0.4, -0.2) is 19.6 Å². The van der Waals surface area contributed by atoms with E-state index in [4.69, 9.17) is 16.3 Å². The molecule has 0 aliphatic rings. The highest BCUT2D eigenvalue weighted by molar-refractivity contribution is 6.31. The molecule has 0 aliphatic heterocycles. The fourth-order valence-corrected chi connectivity index (χ4v) is 2.06. The molecule has 2 rings (SSSR count). The summed E-state index contributed by atoms with van der Waals surface area (Å²) < 4.78 is 5.11. The van der Waals surface area contributed by atoms with Crippen molar-refractivity contribution in [3.8, 4) is 5.75 Å². The Bertz CT molecular complexity index is 644. The van der Waals surface area contributed by atoms with Crippen molar-refractivity contribution in [1.29, 1.82) is 0 Å². The van der Waals surface area contributed by atoms with E-state index in [-0.39, 0.29) is 12.5 Å². The van der Waals surface area contributed by atoms with Crippen molar-refractivity contribution in [3.05, 3.63) is 53.1 Å². The molecule has 2 aromatic rings. The molecule has 0 aromatic heterocycles.